The van der Waals surface area contributed by atoms with Crippen LogP contribution in [0.3, 0.4) is 0 Å². The summed E-state index contributed by atoms with van der Waals surface area (Å²) in [6.07, 6.45) is 0. The second kappa shape index (κ2) is 10.5. The van der Waals surface area contributed by atoms with Crippen LogP contribution in [0, 0.1) is 0 Å². The van der Waals surface area contributed by atoms with Gasteiger partial charge in [0, 0.05) is 0 Å². The molecule has 0 radical (unpaired) electrons. The summed E-state index contributed by atoms with van der Waals surface area (Å²) in [4.78, 5) is 0. The maximum Gasteiger partial charge on any atom is 1.00 e. The molecule has 0 saturated carbocycles. The van der Waals surface area contributed by atoms with Gasteiger partial charge < -0.3 is 11.1 Å². The van der Waals surface area contributed by atoms with Gasteiger partial charge in [0.25, 0.3) is 0 Å². The van der Waals surface area contributed by atoms with Crippen molar-refractivity contribution >= 4 is 0 Å². The van der Waals surface area contributed by atoms with Crippen LogP contribution in [0.2, 0.25) is 0 Å². The maximum atomic E-state index is 5.12. The smallest absolute Gasteiger partial charge is 0.661 e. The number of nitrogens with two attached hydrogens (primary N) is 1. The molecule has 0 unspecified atom stereocenters. The van der Waals surface area contributed by atoms with E-state index in [9.17, 15) is 0 Å². The Kier molecular flexibility index (Phi) is 17.1. The molecule has 0 saturated heterocycles. The molecular formula is C4H11KN2. The third kappa shape index (κ3) is 11.2. The SMILES string of the molecule is CC[N-]CCN.[K+]. The maximum absolute atomic E-state index is 5.12. The predicted octanol–water partition coefficient (Wildman–Crippen LogP) is -2.66. The average Bonchev–Trinajstić information content (AvgIpc) is 1.61. The van der Waals surface area contributed by atoms with Crippen LogP contribution < -0.4 is 57.1 Å². The monoisotopic (exact) mass is 126 g/mol. The summed E-state index contributed by atoms with van der Waals surface area (Å²) >= 11 is 0. The van der Waals surface area contributed by atoms with Gasteiger partial charge in [-0.15, -0.1) is 6.54 Å². The fourth-order valence-corrected chi connectivity index (χ4v) is 0.249. The average molecular weight is 126 g/mol. The van der Waals surface area contributed by atoms with Gasteiger partial charge in [-0.2, -0.15) is 6.54 Å². The van der Waals surface area contributed by atoms with Gasteiger partial charge in [0.15, 0.2) is 0 Å². The summed E-state index contributed by atoms with van der Waals surface area (Å²) in [7, 11) is 0. The first-order chi connectivity index (χ1) is 2.91. The van der Waals surface area contributed by atoms with Crippen LogP contribution in [0.15, 0.2) is 0 Å². The van der Waals surface area contributed by atoms with Crippen LogP contribution in [0.25, 0.3) is 5.32 Å². The van der Waals surface area contributed by atoms with Crippen molar-refractivity contribution in [1.29, 1.82) is 0 Å². The summed E-state index contributed by atoms with van der Waals surface area (Å²) in [5.41, 5.74) is 5.12. The Hall–Kier alpha value is 1.56. The van der Waals surface area contributed by atoms with Crippen LogP contribution in [0.4, 0.5) is 0 Å². The van der Waals surface area contributed by atoms with Gasteiger partial charge in [0.05, 0.1) is 0 Å². The fourth-order valence-electron chi connectivity index (χ4n) is 0.249. The van der Waals surface area contributed by atoms with Crippen molar-refractivity contribution in [2.24, 2.45) is 5.73 Å². The van der Waals surface area contributed by atoms with E-state index in [-0.39, 0.29) is 51.4 Å². The third-order valence-corrected chi connectivity index (χ3v) is 0.511. The van der Waals surface area contributed by atoms with Crippen molar-refractivity contribution in [3.05, 3.63) is 5.32 Å². The summed E-state index contributed by atoms with van der Waals surface area (Å²) in [5.74, 6) is 0. The zero-order chi connectivity index (χ0) is 4.83. The van der Waals surface area contributed by atoms with E-state index in [1.165, 1.54) is 0 Å². The van der Waals surface area contributed by atoms with Crippen LogP contribution in [0.1, 0.15) is 6.92 Å². The zero-order valence-electron chi connectivity index (χ0n) is 5.15. The Labute approximate surface area is 87.6 Å². The van der Waals surface area contributed by atoms with E-state index in [2.05, 4.69) is 5.32 Å². The molecule has 38 valence electrons. The summed E-state index contributed by atoms with van der Waals surface area (Å²) in [5, 5.41) is 3.97. The van der Waals surface area contributed by atoms with Gasteiger partial charge >= 0.3 is 51.4 Å². The zero-order valence-corrected chi connectivity index (χ0v) is 8.27. The minimum atomic E-state index is 0. The second-order valence-electron chi connectivity index (χ2n) is 1.05. The second-order valence-corrected chi connectivity index (χ2v) is 1.05. The van der Waals surface area contributed by atoms with E-state index in [0.717, 1.165) is 13.1 Å². The number of hydrogen-bond acceptors (Lipinski definition) is 1. The van der Waals surface area contributed by atoms with Crippen LogP contribution >= 0.6 is 0 Å². The molecule has 0 aliphatic heterocycles. The van der Waals surface area contributed by atoms with E-state index in [1.807, 2.05) is 6.92 Å². The first kappa shape index (κ1) is 11.4. The van der Waals surface area contributed by atoms with Crippen LogP contribution in [0.5, 0.6) is 0 Å². The molecule has 0 aromatic rings. The van der Waals surface area contributed by atoms with Crippen molar-refractivity contribution < 1.29 is 51.4 Å². The minimum Gasteiger partial charge on any atom is -0.661 e. The Morgan fingerprint density at radius 3 is 2.29 bits per heavy atom. The molecule has 0 aliphatic rings. The molecule has 3 heteroatoms. The molecule has 7 heavy (non-hydrogen) atoms. The quantitative estimate of drug-likeness (QED) is 0.325. The Balaban J connectivity index is 0. The van der Waals surface area contributed by atoms with E-state index >= 15 is 0 Å². The molecule has 0 atom stereocenters. The third-order valence-electron chi connectivity index (χ3n) is 0.511. The summed E-state index contributed by atoms with van der Waals surface area (Å²) < 4.78 is 0. The number of hydrogen-bond donors (Lipinski definition) is 1. The van der Waals surface area contributed by atoms with E-state index in [4.69, 9.17) is 5.73 Å². The minimum absolute atomic E-state index is 0. The van der Waals surface area contributed by atoms with Gasteiger partial charge in [-0.05, 0) is 6.54 Å². The van der Waals surface area contributed by atoms with Gasteiger partial charge in [-0.3, -0.25) is 0 Å². The van der Waals surface area contributed by atoms with Crippen molar-refractivity contribution in [2.45, 2.75) is 6.92 Å². The summed E-state index contributed by atoms with van der Waals surface area (Å²) in [6, 6.07) is 0. The topological polar surface area (TPSA) is 40.1 Å². The summed E-state index contributed by atoms with van der Waals surface area (Å²) in [6.45, 7) is 4.41. The molecule has 0 rings (SSSR count). The molecule has 0 aliphatic carbocycles. The molecule has 0 aromatic heterocycles. The van der Waals surface area contributed by atoms with Crippen LogP contribution in [-0.4, -0.2) is 19.6 Å². The molecule has 2 nitrogen and oxygen atoms in total. The molecule has 0 spiro atoms. The first-order valence-corrected chi connectivity index (χ1v) is 2.25. The Morgan fingerprint density at radius 1 is 1.57 bits per heavy atom. The van der Waals surface area contributed by atoms with Crippen molar-refractivity contribution in [3.8, 4) is 0 Å². The molecule has 0 aromatic carbocycles. The molecule has 2 N–H and O–H groups in total. The number of nitrogens with zero attached hydrogens (tertiary/aromatic N) is 1. The number of rotatable bonds is 3. The van der Waals surface area contributed by atoms with Crippen molar-refractivity contribution in [1.82, 2.24) is 0 Å². The Bertz CT molecular complexity index is 21.7. The van der Waals surface area contributed by atoms with Gasteiger partial charge in [-0.1, -0.05) is 6.92 Å². The fraction of sp³-hybridized carbons (Fsp3) is 1.00. The molecule has 0 heterocycles. The standard InChI is InChI=1S/C4H11N2.K/c1-2-6-4-3-5;/h2-5H2,1H3;/q-1;+1. The van der Waals surface area contributed by atoms with Crippen molar-refractivity contribution in [3.63, 3.8) is 0 Å². The largest absolute Gasteiger partial charge is 1.00 e. The molecule has 0 bridgehead atoms. The molecular weight excluding hydrogens is 115 g/mol. The van der Waals surface area contributed by atoms with Crippen molar-refractivity contribution in [2.75, 3.05) is 19.6 Å². The van der Waals surface area contributed by atoms with E-state index in [1.54, 1.807) is 0 Å². The van der Waals surface area contributed by atoms with Gasteiger partial charge in [0.2, 0.25) is 0 Å². The normalized spacial score (nSPS) is 7.71. The van der Waals surface area contributed by atoms with Crippen LogP contribution in [-0.2, 0) is 0 Å². The van der Waals surface area contributed by atoms with Gasteiger partial charge in [0.1, 0.15) is 0 Å². The van der Waals surface area contributed by atoms with E-state index < -0.39 is 0 Å². The Morgan fingerprint density at radius 2 is 2.14 bits per heavy atom. The number of likely N-dealkylation sites (N-methyl/N-ethyl adjacent to an activating group) is 1. The molecule has 0 fully saturated rings. The predicted molar refractivity (Wildman–Crippen MR) is 27.8 cm³/mol. The van der Waals surface area contributed by atoms with E-state index in [0.29, 0.717) is 6.54 Å². The van der Waals surface area contributed by atoms with Gasteiger partial charge in [-0.25, -0.2) is 0 Å². The molecule has 0 amide bonds. The first-order valence-electron chi connectivity index (χ1n) is 2.25.